The van der Waals surface area contributed by atoms with E-state index in [0.717, 1.165) is 0 Å². The normalized spacial score (nSPS) is 19.7. The number of nitrogens with one attached hydrogen (secondary N) is 2. The van der Waals surface area contributed by atoms with Crippen molar-refractivity contribution in [2.75, 3.05) is 19.8 Å². The molecule has 14 heteroatoms. The summed E-state index contributed by atoms with van der Waals surface area (Å²) < 4.78 is 83.8. The molecule has 0 unspecified atom stereocenters. The molecule has 35 heavy (non-hydrogen) atoms. The number of ketones is 1. The van der Waals surface area contributed by atoms with Crippen molar-refractivity contribution in [2.24, 2.45) is 5.92 Å². The molecular formula is C21H24F6N2O6. The van der Waals surface area contributed by atoms with Gasteiger partial charge in [-0.25, -0.2) is 0 Å². The summed E-state index contributed by atoms with van der Waals surface area (Å²) in [5.74, 6) is -3.70. The van der Waals surface area contributed by atoms with Gasteiger partial charge in [0.15, 0.2) is 11.4 Å². The van der Waals surface area contributed by atoms with Crippen LogP contribution in [0.2, 0.25) is 0 Å². The molecule has 0 bridgehead atoms. The number of epoxide rings is 1. The molecule has 0 aliphatic carbocycles. The number of Topliss-reactive ketones (excluding diaryl/α,β-unsaturated/α-hetero) is 1. The summed E-state index contributed by atoms with van der Waals surface area (Å²) in [6.07, 6.45) is -10.2. The van der Waals surface area contributed by atoms with E-state index < -0.39 is 77.5 Å². The van der Waals surface area contributed by atoms with Gasteiger partial charge < -0.3 is 25.6 Å². The lowest BCUT2D eigenvalue weighted by Gasteiger charge is -2.25. The number of amides is 2. The first kappa shape index (κ1) is 28.5. The number of carbonyl (C=O) groups excluding carboxylic acids is 3. The molecule has 0 aromatic heterocycles. The molecule has 0 saturated carbocycles. The highest BCUT2D eigenvalue weighted by Crippen LogP contribution is 2.36. The molecule has 2 rings (SSSR count). The van der Waals surface area contributed by atoms with E-state index >= 15 is 0 Å². The third-order valence-corrected chi connectivity index (χ3v) is 5.24. The Morgan fingerprint density at radius 1 is 1.03 bits per heavy atom. The predicted octanol–water partition coefficient (Wildman–Crippen LogP) is 1.68. The van der Waals surface area contributed by atoms with Gasteiger partial charge in [-0.05, 0) is 30.5 Å². The van der Waals surface area contributed by atoms with Crippen molar-refractivity contribution in [3.05, 3.63) is 34.9 Å². The third kappa shape index (κ3) is 6.92. The second-order valence-electron chi connectivity index (χ2n) is 8.46. The summed E-state index contributed by atoms with van der Waals surface area (Å²) >= 11 is 0. The molecule has 1 saturated heterocycles. The zero-order chi connectivity index (χ0) is 26.8. The minimum Gasteiger partial charge on any atom is -0.394 e. The Balaban J connectivity index is 2.28. The van der Waals surface area contributed by atoms with E-state index in [9.17, 15) is 50.9 Å². The van der Waals surface area contributed by atoms with Crippen molar-refractivity contribution in [3.8, 4) is 0 Å². The number of alkyl halides is 6. The van der Waals surface area contributed by atoms with Crippen molar-refractivity contribution in [2.45, 2.75) is 50.3 Å². The smallest absolute Gasteiger partial charge is 0.394 e. The van der Waals surface area contributed by atoms with Crippen molar-refractivity contribution < 1.29 is 55.7 Å². The Hall–Kier alpha value is -2.71. The van der Waals surface area contributed by atoms with Crippen LogP contribution < -0.4 is 10.6 Å². The maximum atomic E-state index is 13.3. The molecule has 1 aliphatic rings. The first-order valence-electron chi connectivity index (χ1n) is 10.4. The summed E-state index contributed by atoms with van der Waals surface area (Å²) in [5.41, 5.74) is -6.12. The van der Waals surface area contributed by atoms with E-state index in [-0.39, 0.29) is 37.1 Å². The lowest BCUT2D eigenvalue weighted by Crippen LogP contribution is -2.55. The van der Waals surface area contributed by atoms with Crippen LogP contribution in [-0.2, 0) is 26.7 Å². The molecule has 0 spiro atoms. The van der Waals surface area contributed by atoms with Gasteiger partial charge in [-0.2, -0.15) is 26.3 Å². The van der Waals surface area contributed by atoms with Crippen LogP contribution in [-0.4, -0.2) is 65.3 Å². The Bertz CT molecular complexity index is 959. The Morgan fingerprint density at radius 3 is 2.06 bits per heavy atom. The molecule has 3 atom stereocenters. The van der Waals surface area contributed by atoms with Gasteiger partial charge in [-0.1, -0.05) is 13.8 Å². The molecule has 1 fully saturated rings. The zero-order valence-corrected chi connectivity index (χ0v) is 18.6. The fourth-order valence-corrected chi connectivity index (χ4v) is 3.28. The molecule has 8 nitrogen and oxygen atoms in total. The average Bonchev–Trinajstić information content (AvgIpc) is 3.55. The predicted molar refractivity (Wildman–Crippen MR) is 107 cm³/mol. The second-order valence-corrected chi connectivity index (χ2v) is 8.46. The van der Waals surface area contributed by atoms with Crippen LogP contribution in [0.1, 0.15) is 41.8 Å². The van der Waals surface area contributed by atoms with Gasteiger partial charge in [-0.3, -0.25) is 14.4 Å². The van der Waals surface area contributed by atoms with Crippen LogP contribution >= 0.6 is 0 Å². The molecule has 1 heterocycles. The van der Waals surface area contributed by atoms with Gasteiger partial charge in [0.05, 0.1) is 42.6 Å². The maximum absolute atomic E-state index is 13.3. The van der Waals surface area contributed by atoms with Crippen LogP contribution in [0.15, 0.2) is 18.2 Å². The fraction of sp³-hybridized carbons (Fsp3) is 0.571. The summed E-state index contributed by atoms with van der Waals surface area (Å²) in [7, 11) is 0. The largest absolute Gasteiger partial charge is 0.417 e. The lowest BCUT2D eigenvalue weighted by atomic mass is 9.92. The zero-order valence-electron chi connectivity index (χ0n) is 18.6. The summed E-state index contributed by atoms with van der Waals surface area (Å²) in [6.45, 7) is 1.53. The average molecular weight is 514 g/mol. The van der Waals surface area contributed by atoms with Crippen LogP contribution in [0.5, 0.6) is 0 Å². The third-order valence-electron chi connectivity index (χ3n) is 5.24. The van der Waals surface area contributed by atoms with Gasteiger partial charge >= 0.3 is 12.4 Å². The van der Waals surface area contributed by atoms with Gasteiger partial charge in [0.25, 0.3) is 5.91 Å². The first-order chi connectivity index (χ1) is 16.1. The van der Waals surface area contributed by atoms with Crippen molar-refractivity contribution >= 4 is 17.6 Å². The number of aliphatic hydroxyl groups is 2. The number of rotatable bonds is 10. The number of halogens is 6. The SMILES string of the molecule is CC(C)C[C@H](NC(=O)[C@H](CO)NC(=O)c1cc(C(F)(F)F)ccc1C(F)(F)F)C(=O)[C@@]1(CO)CO1. The van der Waals surface area contributed by atoms with Gasteiger partial charge in [0, 0.05) is 0 Å². The minimum atomic E-state index is -5.19. The molecule has 1 aromatic carbocycles. The molecular weight excluding hydrogens is 490 g/mol. The molecule has 2 amide bonds. The van der Waals surface area contributed by atoms with Gasteiger partial charge in [0.2, 0.25) is 5.91 Å². The van der Waals surface area contributed by atoms with Crippen molar-refractivity contribution in [1.29, 1.82) is 0 Å². The molecule has 196 valence electrons. The quantitative estimate of drug-likeness (QED) is 0.278. The van der Waals surface area contributed by atoms with Crippen molar-refractivity contribution in [3.63, 3.8) is 0 Å². The highest BCUT2D eigenvalue weighted by molar-refractivity contribution is 6.01. The topological polar surface area (TPSA) is 128 Å². The van der Waals surface area contributed by atoms with E-state index in [4.69, 9.17) is 4.74 Å². The van der Waals surface area contributed by atoms with Gasteiger partial charge in [0.1, 0.15) is 6.04 Å². The van der Waals surface area contributed by atoms with Crippen LogP contribution in [0.25, 0.3) is 0 Å². The number of aliphatic hydroxyl groups excluding tert-OH is 2. The summed E-state index contributed by atoms with van der Waals surface area (Å²) in [4.78, 5) is 37.8. The van der Waals surface area contributed by atoms with Gasteiger partial charge in [-0.15, -0.1) is 0 Å². The molecule has 4 N–H and O–H groups in total. The Labute approximate surface area is 195 Å². The molecule has 0 radical (unpaired) electrons. The number of hydrogen-bond donors (Lipinski definition) is 4. The van der Waals surface area contributed by atoms with Crippen LogP contribution in [0.3, 0.4) is 0 Å². The molecule has 1 aromatic rings. The Morgan fingerprint density at radius 2 is 1.63 bits per heavy atom. The Kier molecular flexibility index (Phi) is 8.56. The van der Waals surface area contributed by atoms with E-state index in [1.54, 1.807) is 19.2 Å². The number of ether oxygens (including phenoxy) is 1. The minimum absolute atomic E-state index is 0.00890. The molecule has 1 aliphatic heterocycles. The number of carbonyl (C=O) groups is 3. The van der Waals surface area contributed by atoms with Crippen LogP contribution in [0.4, 0.5) is 26.3 Å². The first-order valence-corrected chi connectivity index (χ1v) is 10.4. The van der Waals surface area contributed by atoms with E-state index in [2.05, 4.69) is 5.32 Å². The summed E-state index contributed by atoms with van der Waals surface area (Å²) in [6, 6.07) is -2.89. The second kappa shape index (κ2) is 10.5. The summed E-state index contributed by atoms with van der Waals surface area (Å²) in [5, 5.41) is 23.0. The highest BCUT2D eigenvalue weighted by atomic mass is 19.4. The number of hydrogen-bond acceptors (Lipinski definition) is 6. The lowest BCUT2D eigenvalue weighted by molar-refractivity contribution is -0.141. The van der Waals surface area contributed by atoms with E-state index in [0.29, 0.717) is 0 Å². The number of benzene rings is 1. The van der Waals surface area contributed by atoms with Crippen molar-refractivity contribution in [1.82, 2.24) is 10.6 Å². The standard InChI is InChI=1S/C21H24F6N2O6/c1-10(2)5-14(16(32)19(8-31)9-35-19)28-18(34)15(7-30)29-17(33)12-6-11(20(22,23)24)3-4-13(12)21(25,26)27/h3-4,6,10,14-15,30-31H,5,7-9H2,1-2H3,(H,28,34)(H,29,33)/t14-,15-,19+/m0/s1. The monoisotopic (exact) mass is 514 g/mol. The van der Waals surface area contributed by atoms with E-state index in [1.165, 1.54) is 0 Å². The maximum Gasteiger partial charge on any atom is 0.417 e. The van der Waals surface area contributed by atoms with E-state index in [1.807, 2.05) is 0 Å². The fourth-order valence-electron chi connectivity index (χ4n) is 3.28. The highest BCUT2D eigenvalue weighted by Gasteiger charge is 2.54. The van der Waals surface area contributed by atoms with Crippen LogP contribution in [0, 0.1) is 5.92 Å².